The molecule has 0 aliphatic carbocycles. The van der Waals surface area contributed by atoms with Crippen molar-refractivity contribution in [2.75, 3.05) is 4.90 Å². The summed E-state index contributed by atoms with van der Waals surface area (Å²) in [6.07, 6.45) is 3.78. The number of pyridine rings is 1. The maximum absolute atomic E-state index is 13.5. The number of nitrogens with zero attached hydrogens (tertiary/aromatic N) is 3. The summed E-state index contributed by atoms with van der Waals surface area (Å²) in [7, 11) is 0. The monoisotopic (exact) mass is 414 g/mol. The lowest BCUT2D eigenvalue weighted by Crippen LogP contribution is -2.30. The first-order valence-corrected chi connectivity index (χ1v) is 10.1. The second kappa shape index (κ2) is 7.72. The van der Waals surface area contributed by atoms with E-state index < -0.39 is 0 Å². The van der Waals surface area contributed by atoms with Crippen LogP contribution in [0.2, 0.25) is 0 Å². The Balaban J connectivity index is 1.66. The number of halogens is 1. The van der Waals surface area contributed by atoms with Crippen molar-refractivity contribution < 1.29 is 4.39 Å². The van der Waals surface area contributed by atoms with Crippen LogP contribution in [0.25, 0.3) is 5.69 Å². The first-order chi connectivity index (χ1) is 14.7. The van der Waals surface area contributed by atoms with Crippen LogP contribution in [0.1, 0.15) is 23.5 Å². The highest BCUT2D eigenvalue weighted by atomic mass is 32.1. The first-order valence-electron chi connectivity index (χ1n) is 9.71. The van der Waals surface area contributed by atoms with Crippen molar-refractivity contribution in [3.8, 4) is 5.69 Å². The summed E-state index contributed by atoms with van der Waals surface area (Å²) < 4.78 is 15.6. The minimum Gasteiger partial charge on any atom is -0.351 e. The normalized spacial score (nSPS) is 18.4. The van der Waals surface area contributed by atoms with E-state index in [2.05, 4.69) is 25.8 Å². The van der Waals surface area contributed by atoms with Crippen LogP contribution in [0.3, 0.4) is 0 Å². The van der Waals surface area contributed by atoms with E-state index in [1.807, 2.05) is 60.8 Å². The number of rotatable bonds is 4. The third-order valence-corrected chi connectivity index (χ3v) is 5.64. The number of hydrogen-bond donors (Lipinski definition) is 1. The Morgan fingerprint density at radius 3 is 2.33 bits per heavy atom. The van der Waals surface area contributed by atoms with Crippen molar-refractivity contribution in [2.45, 2.75) is 12.1 Å². The molecule has 5 rings (SSSR count). The van der Waals surface area contributed by atoms with Gasteiger partial charge in [-0.05, 0) is 72.9 Å². The Labute approximate surface area is 179 Å². The van der Waals surface area contributed by atoms with Gasteiger partial charge >= 0.3 is 0 Å². The summed E-state index contributed by atoms with van der Waals surface area (Å²) in [5.41, 5.74) is 3.84. The summed E-state index contributed by atoms with van der Waals surface area (Å²) in [6, 6.07) is 26.3. The fourth-order valence-electron chi connectivity index (χ4n) is 3.99. The van der Waals surface area contributed by atoms with Gasteiger partial charge < -0.3 is 14.8 Å². The number of aromatic nitrogens is 2. The Kier molecular flexibility index (Phi) is 4.77. The van der Waals surface area contributed by atoms with Crippen LogP contribution in [0.4, 0.5) is 10.1 Å². The third-order valence-electron chi connectivity index (χ3n) is 5.32. The molecule has 148 valence electrons. The quantitative estimate of drug-likeness (QED) is 0.466. The average Bonchev–Trinajstić information content (AvgIpc) is 3.40. The number of nitrogens with one attached hydrogen (secondary N) is 1. The highest BCUT2D eigenvalue weighted by Gasteiger charge is 2.42. The van der Waals surface area contributed by atoms with Gasteiger partial charge in [0, 0.05) is 29.5 Å². The zero-order valence-corrected chi connectivity index (χ0v) is 16.8. The van der Waals surface area contributed by atoms with E-state index >= 15 is 0 Å². The summed E-state index contributed by atoms with van der Waals surface area (Å²) in [5.74, 6) is -0.256. The molecule has 4 aromatic rings. The first kappa shape index (κ1) is 18.5. The zero-order chi connectivity index (χ0) is 20.5. The van der Waals surface area contributed by atoms with Gasteiger partial charge in [-0.1, -0.05) is 24.3 Å². The van der Waals surface area contributed by atoms with E-state index in [0.29, 0.717) is 5.11 Å². The Hall–Kier alpha value is -3.51. The van der Waals surface area contributed by atoms with Crippen molar-refractivity contribution in [2.24, 2.45) is 0 Å². The molecule has 2 aromatic carbocycles. The minimum atomic E-state index is -0.256. The molecule has 1 saturated heterocycles. The van der Waals surface area contributed by atoms with Gasteiger partial charge in [0.2, 0.25) is 0 Å². The fraction of sp³-hybridized carbons (Fsp3) is 0.0833. The summed E-state index contributed by atoms with van der Waals surface area (Å²) in [6.45, 7) is 0. The number of hydrogen-bond acceptors (Lipinski definition) is 2. The van der Waals surface area contributed by atoms with Crippen LogP contribution < -0.4 is 10.2 Å². The Morgan fingerprint density at radius 1 is 0.833 bits per heavy atom. The van der Waals surface area contributed by atoms with Crippen LogP contribution in [0, 0.1) is 5.82 Å². The minimum absolute atomic E-state index is 0.130. The molecule has 1 fully saturated rings. The van der Waals surface area contributed by atoms with Crippen molar-refractivity contribution >= 4 is 23.0 Å². The molecular formula is C24H19FN4S. The van der Waals surface area contributed by atoms with Crippen molar-refractivity contribution in [1.29, 1.82) is 0 Å². The molecule has 0 unspecified atom stereocenters. The van der Waals surface area contributed by atoms with E-state index in [4.69, 9.17) is 12.2 Å². The molecule has 3 heterocycles. The summed E-state index contributed by atoms with van der Waals surface area (Å²) >= 11 is 5.76. The number of thiocarbonyl (C=S) groups is 1. The lowest BCUT2D eigenvalue weighted by atomic mass is 10.0. The predicted molar refractivity (Wildman–Crippen MR) is 120 cm³/mol. The van der Waals surface area contributed by atoms with Gasteiger partial charge in [0.05, 0.1) is 11.7 Å². The molecule has 1 aliphatic rings. The van der Waals surface area contributed by atoms with Crippen molar-refractivity contribution in [3.05, 3.63) is 115 Å². The largest absolute Gasteiger partial charge is 0.351 e. The van der Waals surface area contributed by atoms with Gasteiger partial charge in [0.1, 0.15) is 11.9 Å². The maximum Gasteiger partial charge on any atom is 0.174 e. The Morgan fingerprint density at radius 2 is 1.60 bits per heavy atom. The SMILES string of the molecule is Fc1ccc(-n2cccc2[C@H]2[C@H](c3ccccn3)NC(=S)N2c2ccccc2)cc1. The van der Waals surface area contributed by atoms with Crippen LogP contribution in [0.5, 0.6) is 0 Å². The summed E-state index contributed by atoms with van der Waals surface area (Å²) in [4.78, 5) is 6.72. The van der Waals surface area contributed by atoms with Gasteiger partial charge in [0.15, 0.2) is 5.11 Å². The van der Waals surface area contributed by atoms with Crippen LogP contribution in [0.15, 0.2) is 97.3 Å². The average molecular weight is 415 g/mol. The molecule has 0 radical (unpaired) electrons. The van der Waals surface area contributed by atoms with Gasteiger partial charge in [-0.2, -0.15) is 0 Å². The molecule has 0 saturated carbocycles. The molecule has 4 nitrogen and oxygen atoms in total. The standard InChI is InChI=1S/C24H19FN4S/c25-17-11-13-18(14-12-17)28-16-6-10-21(28)23-22(20-9-4-5-15-26-20)27-24(30)29(23)19-7-2-1-3-8-19/h1-16,22-23H,(H,27,30)/t22-,23-/m0/s1. The maximum atomic E-state index is 13.5. The summed E-state index contributed by atoms with van der Waals surface area (Å²) in [5, 5.41) is 4.11. The van der Waals surface area contributed by atoms with E-state index in [1.165, 1.54) is 12.1 Å². The highest BCUT2D eigenvalue weighted by Crippen LogP contribution is 2.42. The molecule has 2 atom stereocenters. The highest BCUT2D eigenvalue weighted by molar-refractivity contribution is 7.80. The Bertz CT molecular complexity index is 1160. The van der Waals surface area contributed by atoms with Crippen molar-refractivity contribution in [1.82, 2.24) is 14.9 Å². The predicted octanol–water partition coefficient (Wildman–Crippen LogP) is 5.19. The zero-order valence-electron chi connectivity index (χ0n) is 16.0. The molecule has 0 amide bonds. The van der Waals surface area contributed by atoms with Gasteiger partial charge in [-0.25, -0.2) is 4.39 Å². The molecule has 6 heteroatoms. The molecule has 0 bridgehead atoms. The second-order valence-electron chi connectivity index (χ2n) is 7.11. The molecule has 0 spiro atoms. The topological polar surface area (TPSA) is 33.1 Å². The van der Waals surface area contributed by atoms with E-state index in [9.17, 15) is 4.39 Å². The molecule has 1 N–H and O–H groups in total. The lowest BCUT2D eigenvalue weighted by Gasteiger charge is -2.29. The second-order valence-corrected chi connectivity index (χ2v) is 7.50. The van der Waals surface area contributed by atoms with E-state index in [0.717, 1.165) is 22.8 Å². The smallest absolute Gasteiger partial charge is 0.174 e. The lowest BCUT2D eigenvalue weighted by molar-refractivity contribution is 0.549. The van der Waals surface area contributed by atoms with E-state index in [-0.39, 0.29) is 17.9 Å². The van der Waals surface area contributed by atoms with Crippen LogP contribution in [-0.4, -0.2) is 14.7 Å². The molecular weight excluding hydrogens is 395 g/mol. The molecule has 1 aliphatic heterocycles. The molecule has 30 heavy (non-hydrogen) atoms. The number of para-hydroxylation sites is 1. The number of anilines is 1. The van der Waals surface area contributed by atoms with Gasteiger partial charge in [-0.3, -0.25) is 4.98 Å². The fourth-order valence-corrected chi connectivity index (χ4v) is 4.34. The van der Waals surface area contributed by atoms with Gasteiger partial charge in [-0.15, -0.1) is 0 Å². The number of benzene rings is 2. The van der Waals surface area contributed by atoms with Gasteiger partial charge in [0.25, 0.3) is 0 Å². The van der Waals surface area contributed by atoms with Crippen molar-refractivity contribution in [3.63, 3.8) is 0 Å². The van der Waals surface area contributed by atoms with Crippen LogP contribution in [-0.2, 0) is 0 Å². The van der Waals surface area contributed by atoms with Crippen LogP contribution >= 0.6 is 12.2 Å². The van der Waals surface area contributed by atoms with E-state index in [1.54, 1.807) is 18.3 Å². The third kappa shape index (κ3) is 3.25. The molecule has 2 aromatic heterocycles.